The van der Waals surface area contributed by atoms with Gasteiger partial charge >= 0.3 is 5.97 Å². The second-order valence-corrected chi connectivity index (χ2v) is 6.89. The Morgan fingerprint density at radius 1 is 1.28 bits per heavy atom. The maximum atomic E-state index is 11.8. The summed E-state index contributed by atoms with van der Waals surface area (Å²) in [5.41, 5.74) is 0.866. The quantitative estimate of drug-likeness (QED) is 0.755. The van der Waals surface area contributed by atoms with Crippen molar-refractivity contribution in [1.29, 1.82) is 0 Å². The first kappa shape index (κ1) is 15.2. The minimum atomic E-state index is -0.247. The number of rotatable bonds is 4. The van der Waals surface area contributed by atoms with Crippen molar-refractivity contribution >= 4 is 21.9 Å². The molecule has 0 saturated heterocycles. The van der Waals surface area contributed by atoms with Gasteiger partial charge in [-0.3, -0.25) is 0 Å². The molecular formula is C15H21BrO2. The minimum absolute atomic E-state index is 0.247. The molecular weight excluding hydrogens is 292 g/mol. The molecule has 0 unspecified atom stereocenters. The molecule has 0 N–H and O–H groups in total. The molecule has 1 aromatic rings. The number of esters is 1. The summed E-state index contributed by atoms with van der Waals surface area (Å²) < 4.78 is 6.28. The molecule has 0 spiro atoms. The molecule has 0 aliphatic carbocycles. The maximum absolute atomic E-state index is 11.8. The molecule has 0 amide bonds. The van der Waals surface area contributed by atoms with Gasteiger partial charge in [-0.15, -0.1) is 0 Å². The summed E-state index contributed by atoms with van der Waals surface area (Å²) in [6.45, 7) is 9.17. The zero-order valence-corrected chi connectivity index (χ0v) is 13.1. The first-order valence-corrected chi connectivity index (χ1v) is 7.00. The van der Waals surface area contributed by atoms with Crippen LogP contribution in [0.25, 0.3) is 0 Å². The normalized spacial score (nSPS) is 13.2. The Kier molecular flexibility index (Phi) is 5.39. The molecule has 1 aromatic carbocycles. The van der Waals surface area contributed by atoms with Gasteiger partial charge in [0, 0.05) is 4.47 Å². The molecule has 0 radical (unpaired) electrons. The van der Waals surface area contributed by atoms with Crippen LogP contribution in [-0.4, -0.2) is 12.6 Å². The number of hydrogen-bond donors (Lipinski definition) is 0. The molecule has 2 nitrogen and oxygen atoms in total. The van der Waals surface area contributed by atoms with E-state index >= 15 is 0 Å². The van der Waals surface area contributed by atoms with Gasteiger partial charge in [-0.05, 0) is 42.0 Å². The lowest BCUT2D eigenvalue weighted by Gasteiger charge is -2.22. The molecule has 0 aliphatic rings. The van der Waals surface area contributed by atoms with Crippen LogP contribution in [0.1, 0.15) is 44.5 Å². The minimum Gasteiger partial charge on any atom is -0.462 e. The summed E-state index contributed by atoms with van der Waals surface area (Å²) in [7, 11) is 0. The van der Waals surface area contributed by atoms with Gasteiger partial charge in [0.05, 0.1) is 12.2 Å². The zero-order chi connectivity index (χ0) is 13.8. The van der Waals surface area contributed by atoms with E-state index in [2.05, 4.69) is 43.6 Å². The molecule has 1 atom stereocenters. The van der Waals surface area contributed by atoms with Crippen LogP contribution in [0, 0.1) is 11.3 Å². The summed E-state index contributed by atoms with van der Waals surface area (Å²) in [6.07, 6.45) is 1.04. The molecule has 1 rings (SSSR count). The van der Waals surface area contributed by atoms with Crippen molar-refractivity contribution in [2.24, 2.45) is 11.3 Å². The predicted octanol–water partition coefficient (Wildman–Crippen LogP) is 4.68. The molecule has 3 heteroatoms. The summed E-state index contributed by atoms with van der Waals surface area (Å²) in [4.78, 5) is 11.8. The number of halogens is 1. The van der Waals surface area contributed by atoms with Gasteiger partial charge in [-0.1, -0.05) is 43.6 Å². The van der Waals surface area contributed by atoms with Crippen molar-refractivity contribution in [2.75, 3.05) is 6.61 Å². The van der Waals surface area contributed by atoms with Crippen LogP contribution in [0.5, 0.6) is 0 Å². The second kappa shape index (κ2) is 6.37. The lowest BCUT2D eigenvalue weighted by atomic mass is 9.86. The molecule has 0 aromatic heterocycles. The molecule has 0 heterocycles. The van der Waals surface area contributed by atoms with Gasteiger partial charge in [0.25, 0.3) is 0 Å². The van der Waals surface area contributed by atoms with Gasteiger partial charge in [-0.2, -0.15) is 0 Å². The van der Waals surface area contributed by atoms with E-state index < -0.39 is 0 Å². The third kappa shape index (κ3) is 5.67. The predicted molar refractivity (Wildman–Crippen MR) is 77.7 cm³/mol. The summed E-state index contributed by atoms with van der Waals surface area (Å²) in [5.74, 6) is 0.132. The van der Waals surface area contributed by atoms with Crippen LogP contribution < -0.4 is 0 Å². The van der Waals surface area contributed by atoms with Crippen LogP contribution in [0.4, 0.5) is 0 Å². The van der Waals surface area contributed by atoms with Crippen LogP contribution in [0.15, 0.2) is 28.7 Å². The third-order valence-electron chi connectivity index (χ3n) is 2.54. The number of carbonyl (C=O) groups excluding carboxylic acids is 1. The maximum Gasteiger partial charge on any atom is 0.338 e. The van der Waals surface area contributed by atoms with Crippen LogP contribution in [0.3, 0.4) is 0 Å². The van der Waals surface area contributed by atoms with E-state index in [1.165, 1.54) is 0 Å². The average Bonchev–Trinajstić information content (AvgIpc) is 2.24. The van der Waals surface area contributed by atoms with Gasteiger partial charge in [0.15, 0.2) is 0 Å². The van der Waals surface area contributed by atoms with Crippen molar-refractivity contribution in [2.45, 2.75) is 34.1 Å². The molecule has 100 valence electrons. The van der Waals surface area contributed by atoms with Gasteiger partial charge in [0.1, 0.15) is 0 Å². The monoisotopic (exact) mass is 312 g/mol. The Morgan fingerprint density at radius 3 is 2.33 bits per heavy atom. The number of carbonyl (C=O) groups is 1. The Morgan fingerprint density at radius 2 is 1.83 bits per heavy atom. The molecule has 0 fully saturated rings. The molecule has 18 heavy (non-hydrogen) atoms. The van der Waals surface area contributed by atoms with Crippen molar-refractivity contribution in [3.05, 3.63) is 34.3 Å². The first-order chi connectivity index (χ1) is 8.28. The standard InChI is InChI=1S/C15H21BrO2/c1-11(9-15(2,3)4)10-18-14(17)12-5-7-13(16)8-6-12/h5-8,11H,9-10H2,1-4H3/t11-/m0/s1. The first-order valence-electron chi connectivity index (χ1n) is 6.20. The van der Waals surface area contributed by atoms with E-state index in [1.54, 1.807) is 12.1 Å². The van der Waals surface area contributed by atoms with E-state index in [9.17, 15) is 4.79 Å². The Hall–Kier alpha value is -0.830. The zero-order valence-electron chi connectivity index (χ0n) is 11.5. The summed E-state index contributed by atoms with van der Waals surface area (Å²) >= 11 is 3.34. The molecule has 0 saturated carbocycles. The highest BCUT2D eigenvalue weighted by Crippen LogP contribution is 2.24. The third-order valence-corrected chi connectivity index (χ3v) is 3.07. The smallest absolute Gasteiger partial charge is 0.338 e. The molecule has 0 bridgehead atoms. The van der Waals surface area contributed by atoms with Gasteiger partial charge < -0.3 is 4.74 Å². The SMILES string of the molecule is C[C@H](COC(=O)c1ccc(Br)cc1)CC(C)(C)C. The lowest BCUT2D eigenvalue weighted by molar-refractivity contribution is 0.0420. The topological polar surface area (TPSA) is 26.3 Å². The fourth-order valence-corrected chi connectivity index (χ4v) is 2.26. The Bertz CT molecular complexity index is 390. The number of hydrogen-bond acceptors (Lipinski definition) is 2. The van der Waals surface area contributed by atoms with Crippen molar-refractivity contribution < 1.29 is 9.53 Å². The van der Waals surface area contributed by atoms with Gasteiger partial charge in [0.2, 0.25) is 0 Å². The van der Waals surface area contributed by atoms with E-state index in [1.807, 2.05) is 12.1 Å². The van der Waals surface area contributed by atoms with Gasteiger partial charge in [-0.25, -0.2) is 4.79 Å². The Balaban J connectivity index is 2.44. The van der Waals surface area contributed by atoms with Crippen molar-refractivity contribution in [1.82, 2.24) is 0 Å². The van der Waals surface area contributed by atoms with E-state index in [0.717, 1.165) is 10.9 Å². The highest BCUT2D eigenvalue weighted by molar-refractivity contribution is 9.10. The fraction of sp³-hybridized carbons (Fsp3) is 0.533. The Labute approximate surface area is 118 Å². The van der Waals surface area contributed by atoms with Crippen LogP contribution >= 0.6 is 15.9 Å². The highest BCUT2D eigenvalue weighted by Gasteiger charge is 2.17. The molecule has 0 aliphatic heterocycles. The van der Waals surface area contributed by atoms with E-state index in [-0.39, 0.29) is 11.4 Å². The number of benzene rings is 1. The summed E-state index contributed by atoms with van der Waals surface area (Å²) in [6, 6.07) is 7.21. The lowest BCUT2D eigenvalue weighted by Crippen LogP contribution is -2.17. The highest BCUT2D eigenvalue weighted by atomic mass is 79.9. The second-order valence-electron chi connectivity index (χ2n) is 5.98. The fourth-order valence-electron chi connectivity index (χ4n) is 1.99. The number of ether oxygens (including phenoxy) is 1. The van der Waals surface area contributed by atoms with Crippen LogP contribution in [0.2, 0.25) is 0 Å². The van der Waals surface area contributed by atoms with E-state index in [4.69, 9.17) is 4.74 Å². The summed E-state index contributed by atoms with van der Waals surface area (Å²) in [5, 5.41) is 0. The van der Waals surface area contributed by atoms with Crippen LogP contribution in [-0.2, 0) is 4.74 Å². The largest absolute Gasteiger partial charge is 0.462 e. The van der Waals surface area contributed by atoms with E-state index in [0.29, 0.717) is 18.1 Å². The van der Waals surface area contributed by atoms with Crippen molar-refractivity contribution in [3.8, 4) is 0 Å². The van der Waals surface area contributed by atoms with Crippen molar-refractivity contribution in [3.63, 3.8) is 0 Å². The average molecular weight is 313 g/mol.